The van der Waals surface area contributed by atoms with Crippen molar-refractivity contribution in [2.75, 3.05) is 31.1 Å². The number of piperazine rings is 1. The molecule has 0 amide bonds. The molecule has 1 aliphatic heterocycles. The van der Waals surface area contributed by atoms with Crippen LogP contribution in [0.3, 0.4) is 0 Å². The van der Waals surface area contributed by atoms with Crippen LogP contribution in [0.2, 0.25) is 5.02 Å². The van der Waals surface area contributed by atoms with E-state index in [0.29, 0.717) is 23.3 Å². The highest BCUT2D eigenvalue weighted by Gasteiger charge is 2.32. The summed E-state index contributed by atoms with van der Waals surface area (Å²) in [6, 6.07) is 14.3. The number of rotatable bonds is 4. The van der Waals surface area contributed by atoms with Gasteiger partial charge in [-0.3, -0.25) is 9.58 Å². The van der Waals surface area contributed by atoms with Crippen LogP contribution in [0.15, 0.2) is 54.7 Å². The first-order chi connectivity index (χ1) is 15.0. The summed E-state index contributed by atoms with van der Waals surface area (Å²) >= 11 is 6.01. The lowest BCUT2D eigenvalue weighted by atomic mass is 10.1. The van der Waals surface area contributed by atoms with Gasteiger partial charge in [0.2, 0.25) is 0 Å². The maximum atomic E-state index is 13.5. The van der Waals surface area contributed by atoms with E-state index >= 15 is 0 Å². The highest BCUT2D eigenvalue weighted by atomic mass is 35.5. The van der Waals surface area contributed by atoms with Gasteiger partial charge in [0.05, 0.1) is 11.7 Å². The molecular weight excluding hydrogens is 418 g/mol. The first-order valence-corrected chi connectivity index (χ1v) is 11.2. The second-order valence-electron chi connectivity index (χ2n) is 8.46. The van der Waals surface area contributed by atoms with Crippen molar-refractivity contribution in [2.45, 2.75) is 31.3 Å². The van der Waals surface area contributed by atoms with E-state index in [1.54, 1.807) is 0 Å². The lowest BCUT2D eigenvalue weighted by molar-refractivity contribution is 0.183. The zero-order valence-electron chi connectivity index (χ0n) is 17.2. The van der Waals surface area contributed by atoms with Crippen molar-refractivity contribution in [3.05, 3.63) is 71.4 Å². The van der Waals surface area contributed by atoms with Gasteiger partial charge in [-0.1, -0.05) is 11.6 Å². The van der Waals surface area contributed by atoms with Crippen molar-refractivity contribution < 1.29 is 8.78 Å². The standard InChI is InChI=1S/C24H25ClF2N4/c25-18-1-3-21(4-2-18)29-9-11-30(12-10-29)22-5-6-23(16-22)31-8-7-24(28-31)17-13-19(26)15-20(27)14-17/h1-4,7-8,13-15,22-23H,5-6,9-12,16H2. The third-order valence-electron chi connectivity index (χ3n) is 6.54. The Bertz CT molecular complexity index is 1020. The summed E-state index contributed by atoms with van der Waals surface area (Å²) in [7, 11) is 0. The molecule has 3 aromatic rings. The molecule has 2 unspecified atom stereocenters. The summed E-state index contributed by atoms with van der Waals surface area (Å²) in [6.45, 7) is 4.12. The number of halogens is 3. The van der Waals surface area contributed by atoms with Gasteiger partial charge in [0, 0.05) is 60.8 Å². The van der Waals surface area contributed by atoms with Gasteiger partial charge in [0.25, 0.3) is 0 Å². The Hall–Kier alpha value is -2.44. The van der Waals surface area contributed by atoms with E-state index in [9.17, 15) is 8.78 Å². The molecule has 7 heteroatoms. The van der Waals surface area contributed by atoms with E-state index in [2.05, 4.69) is 27.0 Å². The molecule has 1 saturated heterocycles. The van der Waals surface area contributed by atoms with Crippen molar-refractivity contribution in [3.8, 4) is 11.3 Å². The van der Waals surface area contributed by atoms with Crippen molar-refractivity contribution in [3.63, 3.8) is 0 Å². The number of anilines is 1. The van der Waals surface area contributed by atoms with Gasteiger partial charge in [-0.2, -0.15) is 5.10 Å². The van der Waals surface area contributed by atoms with Crippen LogP contribution < -0.4 is 4.90 Å². The Morgan fingerprint density at radius 1 is 0.839 bits per heavy atom. The largest absolute Gasteiger partial charge is 0.369 e. The molecule has 31 heavy (non-hydrogen) atoms. The molecule has 2 atom stereocenters. The molecule has 2 aromatic carbocycles. The molecule has 5 rings (SSSR count). The molecule has 0 radical (unpaired) electrons. The van der Waals surface area contributed by atoms with E-state index in [0.717, 1.165) is 56.5 Å². The fraction of sp³-hybridized carbons (Fsp3) is 0.375. The topological polar surface area (TPSA) is 24.3 Å². The van der Waals surface area contributed by atoms with Crippen LogP contribution in [0, 0.1) is 11.6 Å². The van der Waals surface area contributed by atoms with Gasteiger partial charge in [-0.05, 0) is 61.7 Å². The summed E-state index contributed by atoms with van der Waals surface area (Å²) in [5, 5.41) is 5.40. The number of hydrogen-bond acceptors (Lipinski definition) is 3. The number of hydrogen-bond donors (Lipinski definition) is 0. The molecule has 2 heterocycles. The summed E-state index contributed by atoms with van der Waals surface area (Å²) in [6.07, 6.45) is 5.21. The fourth-order valence-electron chi connectivity index (χ4n) is 4.90. The van der Waals surface area contributed by atoms with Crippen molar-refractivity contribution in [1.29, 1.82) is 0 Å². The first-order valence-electron chi connectivity index (χ1n) is 10.8. The van der Waals surface area contributed by atoms with Crippen molar-refractivity contribution >= 4 is 17.3 Å². The van der Waals surface area contributed by atoms with E-state index in [1.165, 1.54) is 17.8 Å². The molecule has 1 aliphatic carbocycles. The molecule has 2 fully saturated rings. The van der Waals surface area contributed by atoms with Gasteiger partial charge in [0.1, 0.15) is 11.6 Å². The van der Waals surface area contributed by atoms with Gasteiger partial charge in [0.15, 0.2) is 0 Å². The van der Waals surface area contributed by atoms with Gasteiger partial charge in [-0.15, -0.1) is 0 Å². The highest BCUT2D eigenvalue weighted by molar-refractivity contribution is 6.30. The van der Waals surface area contributed by atoms with Crippen LogP contribution >= 0.6 is 11.6 Å². The first kappa shape index (κ1) is 20.5. The van der Waals surface area contributed by atoms with Gasteiger partial charge in [-0.25, -0.2) is 8.78 Å². The van der Waals surface area contributed by atoms with E-state index in [-0.39, 0.29) is 0 Å². The fourth-order valence-corrected chi connectivity index (χ4v) is 5.03. The van der Waals surface area contributed by atoms with Crippen LogP contribution in [0.4, 0.5) is 14.5 Å². The molecule has 1 aromatic heterocycles. The third-order valence-corrected chi connectivity index (χ3v) is 6.79. The normalized spacial score (nSPS) is 22.2. The minimum Gasteiger partial charge on any atom is -0.369 e. The molecule has 1 saturated carbocycles. The van der Waals surface area contributed by atoms with Crippen molar-refractivity contribution in [2.24, 2.45) is 0 Å². The molecule has 4 nitrogen and oxygen atoms in total. The smallest absolute Gasteiger partial charge is 0.126 e. The maximum Gasteiger partial charge on any atom is 0.126 e. The Labute approximate surface area is 186 Å². The second kappa shape index (κ2) is 8.60. The Balaban J connectivity index is 1.19. The lowest BCUT2D eigenvalue weighted by Gasteiger charge is -2.39. The zero-order chi connectivity index (χ0) is 21.4. The average molecular weight is 443 g/mol. The summed E-state index contributed by atoms with van der Waals surface area (Å²) < 4.78 is 29.1. The second-order valence-corrected chi connectivity index (χ2v) is 8.90. The lowest BCUT2D eigenvalue weighted by Crippen LogP contribution is -2.49. The quantitative estimate of drug-likeness (QED) is 0.541. The van der Waals surface area contributed by atoms with Crippen LogP contribution in [0.5, 0.6) is 0 Å². The van der Waals surface area contributed by atoms with Crippen LogP contribution in [-0.4, -0.2) is 46.9 Å². The Morgan fingerprint density at radius 3 is 2.23 bits per heavy atom. The highest BCUT2D eigenvalue weighted by Crippen LogP contribution is 2.34. The zero-order valence-corrected chi connectivity index (χ0v) is 18.0. The minimum absolute atomic E-state index is 0.325. The maximum absolute atomic E-state index is 13.5. The summed E-state index contributed by atoms with van der Waals surface area (Å²) in [4.78, 5) is 5.01. The summed E-state index contributed by atoms with van der Waals surface area (Å²) in [5.41, 5.74) is 2.31. The average Bonchev–Trinajstić information content (AvgIpc) is 3.44. The third kappa shape index (κ3) is 4.46. The number of aromatic nitrogens is 2. The predicted octanol–water partition coefficient (Wildman–Crippen LogP) is 5.40. The monoisotopic (exact) mass is 442 g/mol. The molecule has 2 aliphatic rings. The number of nitrogens with zero attached hydrogens (tertiary/aromatic N) is 4. The van der Waals surface area contributed by atoms with Gasteiger partial charge >= 0.3 is 0 Å². The minimum atomic E-state index is -0.580. The Kier molecular flexibility index (Phi) is 5.67. The number of benzene rings is 2. The molecule has 0 bridgehead atoms. The predicted molar refractivity (Wildman–Crippen MR) is 119 cm³/mol. The molecule has 0 spiro atoms. The van der Waals surface area contributed by atoms with Crippen molar-refractivity contribution in [1.82, 2.24) is 14.7 Å². The molecule has 0 N–H and O–H groups in total. The van der Waals surface area contributed by atoms with Crippen LogP contribution in [0.25, 0.3) is 11.3 Å². The van der Waals surface area contributed by atoms with E-state index < -0.39 is 11.6 Å². The van der Waals surface area contributed by atoms with Crippen LogP contribution in [0.1, 0.15) is 25.3 Å². The SMILES string of the molecule is Fc1cc(F)cc(-c2ccn(C3CCC(N4CCN(c5ccc(Cl)cc5)CC4)C3)n2)c1. The van der Waals surface area contributed by atoms with E-state index in [1.807, 2.05) is 29.1 Å². The van der Waals surface area contributed by atoms with Gasteiger partial charge < -0.3 is 4.90 Å². The molecule has 162 valence electrons. The van der Waals surface area contributed by atoms with Crippen LogP contribution in [-0.2, 0) is 0 Å². The Morgan fingerprint density at radius 2 is 1.52 bits per heavy atom. The summed E-state index contributed by atoms with van der Waals surface area (Å²) in [5.74, 6) is -1.16. The molecular formula is C24H25ClF2N4. The van der Waals surface area contributed by atoms with E-state index in [4.69, 9.17) is 11.6 Å².